The summed E-state index contributed by atoms with van der Waals surface area (Å²) in [7, 11) is 0.838. The minimum Gasteiger partial charge on any atom is -0.438 e. The van der Waals surface area contributed by atoms with Crippen LogP contribution in [0.1, 0.15) is 24.4 Å². The van der Waals surface area contributed by atoms with E-state index >= 15 is 0 Å². The smallest absolute Gasteiger partial charge is 0.431 e. The van der Waals surface area contributed by atoms with Gasteiger partial charge in [0.2, 0.25) is 0 Å². The van der Waals surface area contributed by atoms with Crippen LogP contribution < -0.4 is 11.2 Å². The van der Waals surface area contributed by atoms with Crippen molar-refractivity contribution in [2.45, 2.75) is 25.4 Å². The molecule has 1 aromatic carbocycles. The Kier molecular flexibility index (Phi) is 4.14. The van der Waals surface area contributed by atoms with Crippen LogP contribution in [-0.4, -0.2) is 14.1 Å². The molecule has 3 aromatic rings. The lowest BCUT2D eigenvalue weighted by Gasteiger charge is -2.14. The minimum atomic E-state index is -4.93. The van der Waals surface area contributed by atoms with Crippen molar-refractivity contribution in [3.05, 3.63) is 55.4 Å². The average Bonchev–Trinajstić information content (AvgIpc) is 3.29. The lowest BCUT2D eigenvalue weighted by atomic mass is 10.2. The highest BCUT2D eigenvalue weighted by molar-refractivity contribution is 6.35. The van der Waals surface area contributed by atoms with Crippen molar-refractivity contribution < 1.29 is 22.0 Å². The van der Waals surface area contributed by atoms with E-state index in [4.69, 9.17) is 16.0 Å². The molecule has 0 bridgehead atoms. The second kappa shape index (κ2) is 6.20. The number of hydrogen-bond donors (Lipinski definition) is 0. The van der Waals surface area contributed by atoms with Crippen molar-refractivity contribution in [2.24, 2.45) is 13.0 Å². The molecule has 11 heteroatoms. The van der Waals surface area contributed by atoms with Crippen LogP contribution in [0.3, 0.4) is 0 Å². The fourth-order valence-corrected chi connectivity index (χ4v) is 3.24. The van der Waals surface area contributed by atoms with Gasteiger partial charge in [0.25, 0.3) is 5.56 Å². The van der Waals surface area contributed by atoms with Crippen LogP contribution >= 0.6 is 11.6 Å². The first-order chi connectivity index (χ1) is 13.1. The molecule has 148 valence electrons. The first kappa shape index (κ1) is 18.7. The van der Waals surface area contributed by atoms with Crippen molar-refractivity contribution in [1.82, 2.24) is 14.1 Å². The van der Waals surface area contributed by atoms with Crippen LogP contribution in [0, 0.1) is 11.7 Å². The van der Waals surface area contributed by atoms with E-state index in [1.165, 1.54) is 0 Å². The Labute approximate surface area is 159 Å². The number of halogens is 5. The van der Waals surface area contributed by atoms with Gasteiger partial charge in [0.15, 0.2) is 17.3 Å². The van der Waals surface area contributed by atoms with E-state index in [2.05, 4.69) is 4.98 Å². The van der Waals surface area contributed by atoms with Gasteiger partial charge in [-0.1, -0.05) is 11.6 Å². The maximum atomic E-state index is 14.7. The quantitative estimate of drug-likeness (QED) is 0.612. The molecule has 1 aliphatic rings. The van der Waals surface area contributed by atoms with Crippen LogP contribution in [0.4, 0.5) is 17.6 Å². The van der Waals surface area contributed by atoms with Gasteiger partial charge in [-0.3, -0.25) is 9.36 Å². The third kappa shape index (κ3) is 3.01. The lowest BCUT2D eigenvalue weighted by molar-refractivity contribution is -0.144. The Hall–Kier alpha value is -2.62. The van der Waals surface area contributed by atoms with E-state index in [0.717, 1.165) is 26.0 Å². The van der Waals surface area contributed by atoms with Crippen LogP contribution in [0.15, 0.2) is 26.1 Å². The van der Waals surface area contributed by atoms with Gasteiger partial charge in [-0.05, 0) is 24.8 Å². The van der Waals surface area contributed by atoms with E-state index in [1.54, 1.807) is 0 Å². The highest BCUT2D eigenvalue weighted by Crippen LogP contribution is 2.36. The standard InChI is InChI=1S/C17H12ClF4N3O3/c1-24-10(17(20,21)22)6-12(26)25(16(24)27)14-9(19)5-8(18)13-15(14)28-11(23-13)4-7-2-3-7/h5-7H,2-4H2,1H3. The fourth-order valence-electron chi connectivity index (χ4n) is 3.01. The molecule has 0 N–H and O–H groups in total. The number of hydrogen-bond acceptors (Lipinski definition) is 4. The number of benzene rings is 1. The second-order valence-electron chi connectivity index (χ2n) is 6.66. The number of fused-ring (bicyclic) bond motifs is 1. The Balaban J connectivity index is 2.02. The topological polar surface area (TPSA) is 70.0 Å². The third-order valence-electron chi connectivity index (χ3n) is 4.59. The summed E-state index contributed by atoms with van der Waals surface area (Å²) in [5.74, 6) is -0.463. The molecule has 0 atom stereocenters. The fraction of sp³-hybridized carbons (Fsp3) is 0.353. The molecule has 1 saturated carbocycles. The molecule has 0 saturated heterocycles. The van der Waals surface area contributed by atoms with Gasteiger partial charge in [-0.25, -0.2) is 18.7 Å². The zero-order valence-electron chi connectivity index (χ0n) is 14.3. The van der Waals surface area contributed by atoms with Crippen molar-refractivity contribution in [3.8, 4) is 5.69 Å². The number of alkyl halides is 3. The summed E-state index contributed by atoms with van der Waals surface area (Å²) < 4.78 is 59.8. The summed E-state index contributed by atoms with van der Waals surface area (Å²) in [4.78, 5) is 29.0. The molecular weight excluding hydrogens is 406 g/mol. The number of oxazole rings is 1. The second-order valence-corrected chi connectivity index (χ2v) is 7.07. The zero-order chi connectivity index (χ0) is 20.4. The van der Waals surface area contributed by atoms with E-state index in [0.29, 0.717) is 12.3 Å². The van der Waals surface area contributed by atoms with Gasteiger partial charge in [0, 0.05) is 19.5 Å². The molecule has 0 radical (unpaired) electrons. The molecule has 0 spiro atoms. The Morgan fingerprint density at radius 2 is 1.96 bits per heavy atom. The number of rotatable bonds is 3. The molecule has 2 heterocycles. The van der Waals surface area contributed by atoms with Gasteiger partial charge in [-0.15, -0.1) is 0 Å². The van der Waals surface area contributed by atoms with E-state index < -0.39 is 34.6 Å². The molecule has 4 rings (SSSR count). The first-order valence-electron chi connectivity index (χ1n) is 8.26. The predicted molar refractivity (Wildman–Crippen MR) is 91.2 cm³/mol. The SMILES string of the molecule is Cn1c(C(F)(F)F)cc(=O)n(-c2c(F)cc(Cl)c3nc(CC4CC4)oc23)c1=O. The zero-order valence-corrected chi connectivity index (χ0v) is 15.1. The van der Waals surface area contributed by atoms with Crippen molar-refractivity contribution >= 4 is 22.7 Å². The lowest BCUT2D eigenvalue weighted by Crippen LogP contribution is -2.41. The highest BCUT2D eigenvalue weighted by Gasteiger charge is 2.36. The molecule has 0 unspecified atom stereocenters. The number of nitrogens with zero attached hydrogens (tertiary/aromatic N) is 3. The van der Waals surface area contributed by atoms with Gasteiger partial charge in [0.05, 0.1) is 5.02 Å². The van der Waals surface area contributed by atoms with E-state index in [-0.39, 0.29) is 37.2 Å². The Morgan fingerprint density at radius 3 is 2.57 bits per heavy atom. The summed E-state index contributed by atoms with van der Waals surface area (Å²) in [6.07, 6.45) is -2.46. The molecule has 0 aliphatic heterocycles. The van der Waals surface area contributed by atoms with Gasteiger partial charge < -0.3 is 4.42 Å². The maximum absolute atomic E-state index is 14.7. The monoisotopic (exact) mass is 417 g/mol. The van der Waals surface area contributed by atoms with Gasteiger partial charge in [-0.2, -0.15) is 13.2 Å². The Bertz CT molecular complexity index is 1220. The molecule has 6 nitrogen and oxygen atoms in total. The Morgan fingerprint density at radius 1 is 1.29 bits per heavy atom. The van der Waals surface area contributed by atoms with Crippen molar-refractivity contribution in [2.75, 3.05) is 0 Å². The highest BCUT2D eigenvalue weighted by atomic mass is 35.5. The summed E-state index contributed by atoms with van der Waals surface area (Å²) in [5.41, 5.74) is -5.02. The maximum Gasteiger partial charge on any atom is 0.431 e. The van der Waals surface area contributed by atoms with Crippen LogP contribution in [-0.2, 0) is 19.6 Å². The van der Waals surface area contributed by atoms with Crippen LogP contribution in [0.2, 0.25) is 5.02 Å². The van der Waals surface area contributed by atoms with Crippen LogP contribution in [0.25, 0.3) is 16.8 Å². The molecular formula is C17H12ClF4N3O3. The van der Waals surface area contributed by atoms with Crippen molar-refractivity contribution in [1.29, 1.82) is 0 Å². The van der Waals surface area contributed by atoms with Gasteiger partial charge >= 0.3 is 11.9 Å². The largest absolute Gasteiger partial charge is 0.438 e. The first-order valence-corrected chi connectivity index (χ1v) is 8.63. The molecule has 1 fully saturated rings. The number of aromatic nitrogens is 3. The molecule has 2 aromatic heterocycles. The van der Waals surface area contributed by atoms with E-state index in [1.807, 2.05) is 0 Å². The summed E-state index contributed by atoms with van der Waals surface area (Å²) >= 11 is 6.00. The van der Waals surface area contributed by atoms with Gasteiger partial charge in [0.1, 0.15) is 16.9 Å². The van der Waals surface area contributed by atoms with Crippen molar-refractivity contribution in [3.63, 3.8) is 0 Å². The summed E-state index contributed by atoms with van der Waals surface area (Å²) in [6.45, 7) is 0. The van der Waals surface area contributed by atoms with Crippen LogP contribution in [0.5, 0.6) is 0 Å². The predicted octanol–water partition coefficient (Wildman–Crippen LogP) is 3.44. The molecule has 28 heavy (non-hydrogen) atoms. The molecule has 1 aliphatic carbocycles. The normalized spacial score (nSPS) is 14.8. The average molecular weight is 418 g/mol. The summed E-state index contributed by atoms with van der Waals surface area (Å²) in [5, 5.41) is -0.0983. The summed E-state index contributed by atoms with van der Waals surface area (Å²) in [6, 6.07) is 1.06. The van der Waals surface area contributed by atoms with E-state index in [9.17, 15) is 27.2 Å². The third-order valence-corrected chi connectivity index (χ3v) is 4.87. The minimum absolute atomic E-state index is 0.0302. The molecule has 0 amide bonds.